The summed E-state index contributed by atoms with van der Waals surface area (Å²) in [5.41, 5.74) is 15.7. The third kappa shape index (κ3) is 9.30. The summed E-state index contributed by atoms with van der Waals surface area (Å²) in [6, 6.07) is 54.1. The average molecular weight is 909 g/mol. The van der Waals surface area contributed by atoms with Crippen LogP contribution in [0.4, 0.5) is 0 Å². The standard InChI is InChI=1S/C65H67N3O/c1-41-35-58(54(43-19-15-14-16-20-43)40-53(41)44-27-31-49(32-28-44)63(5,6)7)68-57-24-18-21-51(59(57)67-61(68)52-22-17-23-55(60(52)69)65(11,12)13)46-36-47(38-50(37-46)64(8,9)10)56-39-45(33-34-66-56)42-25-29-48(30-26-42)62(2,3)4/h14-40,69H,1-13H3/i1D3. The summed E-state index contributed by atoms with van der Waals surface area (Å²) in [5, 5.41) is 12.4. The quantitative estimate of drug-likeness (QED) is 0.173. The molecule has 0 aliphatic carbocycles. The number of phenolic OH excluding ortho intramolecular Hbond substituents is 1. The fraction of sp³-hybridized carbons (Fsp3) is 0.262. The number of fused-ring (bicyclic) bond motifs is 1. The Kier molecular flexibility index (Phi) is 11.0. The van der Waals surface area contributed by atoms with Gasteiger partial charge in [0, 0.05) is 27.0 Å². The van der Waals surface area contributed by atoms with Crippen molar-refractivity contribution in [1.82, 2.24) is 14.5 Å². The number of pyridine rings is 1. The molecule has 7 aromatic carbocycles. The van der Waals surface area contributed by atoms with Gasteiger partial charge >= 0.3 is 0 Å². The van der Waals surface area contributed by atoms with Crippen molar-refractivity contribution in [1.29, 1.82) is 0 Å². The van der Waals surface area contributed by atoms with Crippen LogP contribution in [0.5, 0.6) is 5.75 Å². The van der Waals surface area contributed by atoms with Gasteiger partial charge in [-0.25, -0.2) is 4.98 Å². The Morgan fingerprint density at radius 3 is 1.67 bits per heavy atom. The third-order valence-electron chi connectivity index (χ3n) is 13.5. The molecule has 0 aliphatic heterocycles. The zero-order valence-electron chi connectivity index (χ0n) is 45.4. The van der Waals surface area contributed by atoms with Crippen molar-refractivity contribution in [3.8, 4) is 78.6 Å². The number of hydrogen-bond acceptors (Lipinski definition) is 3. The lowest BCUT2D eigenvalue weighted by molar-refractivity contribution is 0.448. The molecule has 0 radical (unpaired) electrons. The molecule has 0 atom stereocenters. The molecule has 4 nitrogen and oxygen atoms in total. The monoisotopic (exact) mass is 909 g/mol. The molecule has 0 amide bonds. The predicted octanol–water partition coefficient (Wildman–Crippen LogP) is 17.6. The fourth-order valence-corrected chi connectivity index (χ4v) is 9.39. The van der Waals surface area contributed by atoms with Crippen molar-refractivity contribution in [3.63, 3.8) is 0 Å². The summed E-state index contributed by atoms with van der Waals surface area (Å²) in [4.78, 5) is 10.5. The fourth-order valence-electron chi connectivity index (χ4n) is 9.39. The lowest BCUT2D eigenvalue weighted by atomic mass is 9.83. The van der Waals surface area contributed by atoms with Gasteiger partial charge in [0.2, 0.25) is 0 Å². The van der Waals surface area contributed by atoms with Crippen LogP contribution in [0, 0.1) is 6.85 Å². The van der Waals surface area contributed by atoms with Crippen LogP contribution >= 0.6 is 0 Å². The Labute approximate surface area is 415 Å². The van der Waals surface area contributed by atoms with Crippen LogP contribution in [-0.4, -0.2) is 19.6 Å². The molecule has 0 spiro atoms. The predicted molar refractivity (Wildman–Crippen MR) is 293 cm³/mol. The van der Waals surface area contributed by atoms with Gasteiger partial charge < -0.3 is 5.11 Å². The Bertz CT molecular complexity index is 3460. The summed E-state index contributed by atoms with van der Waals surface area (Å²) < 4.78 is 29.3. The Balaban J connectivity index is 1.33. The molecule has 4 heteroatoms. The molecule has 0 bridgehead atoms. The summed E-state index contributed by atoms with van der Waals surface area (Å²) in [6.07, 6.45) is 1.89. The number of aromatic nitrogens is 3. The van der Waals surface area contributed by atoms with Crippen molar-refractivity contribution < 1.29 is 9.22 Å². The molecular formula is C65H67N3O. The number of aromatic hydroxyl groups is 1. The summed E-state index contributed by atoms with van der Waals surface area (Å²) in [7, 11) is 0. The van der Waals surface area contributed by atoms with Crippen molar-refractivity contribution in [2.45, 2.75) is 112 Å². The molecule has 9 aromatic rings. The summed E-state index contributed by atoms with van der Waals surface area (Å²) >= 11 is 0. The number of aryl methyl sites for hydroxylation is 1. The largest absolute Gasteiger partial charge is 0.507 e. The smallest absolute Gasteiger partial charge is 0.149 e. The first-order valence-electron chi connectivity index (χ1n) is 25.7. The van der Waals surface area contributed by atoms with E-state index in [1.54, 1.807) is 0 Å². The van der Waals surface area contributed by atoms with Crippen molar-refractivity contribution in [2.75, 3.05) is 0 Å². The number of nitrogens with zero attached hydrogens (tertiary/aromatic N) is 3. The Morgan fingerprint density at radius 2 is 1.04 bits per heavy atom. The molecule has 0 unspecified atom stereocenters. The molecule has 0 saturated carbocycles. The van der Waals surface area contributed by atoms with Gasteiger partial charge in [-0.3, -0.25) is 9.55 Å². The highest BCUT2D eigenvalue weighted by atomic mass is 16.3. The minimum absolute atomic E-state index is 0.0525. The van der Waals surface area contributed by atoms with Crippen LogP contribution < -0.4 is 0 Å². The van der Waals surface area contributed by atoms with Crippen molar-refractivity contribution in [2.24, 2.45) is 0 Å². The van der Waals surface area contributed by atoms with Crippen LogP contribution in [0.1, 0.15) is 115 Å². The number of benzene rings is 7. The first-order valence-corrected chi connectivity index (χ1v) is 24.2. The van der Waals surface area contributed by atoms with E-state index in [-0.39, 0.29) is 33.0 Å². The van der Waals surface area contributed by atoms with E-state index in [0.717, 1.165) is 72.4 Å². The van der Waals surface area contributed by atoms with Gasteiger partial charge in [0.25, 0.3) is 0 Å². The molecule has 348 valence electrons. The average Bonchev–Trinajstić information content (AvgIpc) is 3.72. The second-order valence-electron chi connectivity index (χ2n) is 22.8. The van der Waals surface area contributed by atoms with E-state index in [1.807, 2.05) is 79.0 Å². The first-order chi connectivity index (χ1) is 33.8. The molecule has 2 aromatic heterocycles. The van der Waals surface area contributed by atoms with Crippen LogP contribution in [0.3, 0.4) is 0 Å². The zero-order chi connectivity index (χ0) is 51.7. The minimum atomic E-state index is -2.48. The van der Waals surface area contributed by atoms with E-state index in [9.17, 15) is 5.11 Å². The number of para-hydroxylation sites is 2. The lowest BCUT2D eigenvalue weighted by Gasteiger charge is -2.23. The maximum absolute atomic E-state index is 12.4. The number of hydrogen-bond donors (Lipinski definition) is 1. The number of rotatable bonds is 7. The second-order valence-corrected chi connectivity index (χ2v) is 22.8. The molecular weight excluding hydrogens is 839 g/mol. The van der Waals surface area contributed by atoms with Crippen LogP contribution in [0.15, 0.2) is 164 Å². The van der Waals surface area contributed by atoms with E-state index in [0.29, 0.717) is 28.2 Å². The molecule has 2 heterocycles. The van der Waals surface area contributed by atoms with Gasteiger partial charge in [0.1, 0.15) is 11.6 Å². The van der Waals surface area contributed by atoms with Crippen LogP contribution in [0.25, 0.3) is 83.9 Å². The number of imidazole rings is 1. The second kappa shape index (κ2) is 17.5. The van der Waals surface area contributed by atoms with E-state index in [1.165, 1.54) is 5.56 Å². The minimum Gasteiger partial charge on any atom is -0.507 e. The lowest BCUT2D eigenvalue weighted by Crippen LogP contribution is -2.12. The first kappa shape index (κ1) is 43.3. The summed E-state index contributed by atoms with van der Waals surface area (Å²) in [5.74, 6) is 0.628. The Morgan fingerprint density at radius 1 is 0.449 bits per heavy atom. The molecule has 9 rings (SSSR count). The van der Waals surface area contributed by atoms with Crippen LogP contribution in [-0.2, 0) is 21.7 Å². The maximum atomic E-state index is 12.4. The normalized spacial score (nSPS) is 13.3. The van der Waals surface area contributed by atoms with Gasteiger partial charge in [-0.2, -0.15) is 0 Å². The van der Waals surface area contributed by atoms with Crippen molar-refractivity contribution in [3.05, 3.63) is 192 Å². The van der Waals surface area contributed by atoms with E-state index in [4.69, 9.17) is 14.1 Å². The van der Waals surface area contributed by atoms with Crippen LogP contribution in [0.2, 0.25) is 0 Å². The molecule has 0 saturated heterocycles. The Hall–Kier alpha value is -7.04. The summed E-state index contributed by atoms with van der Waals surface area (Å²) in [6.45, 7) is 23.7. The highest BCUT2D eigenvalue weighted by Crippen LogP contribution is 2.45. The van der Waals surface area contributed by atoms with Gasteiger partial charge in [-0.1, -0.05) is 192 Å². The highest BCUT2D eigenvalue weighted by Gasteiger charge is 2.27. The maximum Gasteiger partial charge on any atom is 0.149 e. The molecule has 1 N–H and O–H groups in total. The molecule has 0 aliphatic rings. The van der Waals surface area contributed by atoms with E-state index < -0.39 is 6.85 Å². The van der Waals surface area contributed by atoms with Crippen molar-refractivity contribution >= 4 is 11.0 Å². The van der Waals surface area contributed by atoms with Gasteiger partial charge in [-0.15, -0.1) is 0 Å². The molecule has 69 heavy (non-hydrogen) atoms. The van der Waals surface area contributed by atoms with Gasteiger partial charge in [0.05, 0.1) is 28.0 Å². The highest BCUT2D eigenvalue weighted by molar-refractivity contribution is 5.98. The van der Waals surface area contributed by atoms with E-state index in [2.05, 4.69) is 173 Å². The SMILES string of the molecule is [2H]C([2H])([2H])c1cc(-n2c(-c3cccc(C(C)(C)C)c3O)nc3c(-c4cc(-c5cc(-c6ccc(C(C)(C)C)cc6)ccn5)cc(C(C)(C)C)c4)cccc32)c(-c2ccccc2)cc1-c1ccc(C(C)(C)C)cc1. The third-order valence-corrected chi connectivity index (χ3v) is 13.5. The van der Waals surface area contributed by atoms with Gasteiger partial charge in [0.15, 0.2) is 0 Å². The number of phenols is 1. The van der Waals surface area contributed by atoms with Gasteiger partial charge in [-0.05, 0) is 138 Å². The topological polar surface area (TPSA) is 50.9 Å². The zero-order valence-corrected chi connectivity index (χ0v) is 42.4. The molecule has 0 fully saturated rings. The van der Waals surface area contributed by atoms with E-state index >= 15 is 0 Å².